The first-order valence-corrected chi connectivity index (χ1v) is 7.43. The highest BCUT2D eigenvalue weighted by Gasteiger charge is 2.15. The molecule has 0 aliphatic rings. The van der Waals surface area contributed by atoms with Gasteiger partial charge in [-0.2, -0.15) is 0 Å². The molecule has 0 saturated carbocycles. The maximum atomic E-state index is 13.8. The van der Waals surface area contributed by atoms with Crippen molar-refractivity contribution in [2.45, 2.75) is 0 Å². The normalized spacial score (nSPS) is 10.3. The summed E-state index contributed by atoms with van der Waals surface area (Å²) in [7, 11) is 1.49. The Bertz CT molecular complexity index is 937. The Labute approximate surface area is 142 Å². The molecule has 3 aromatic rings. The first kappa shape index (κ1) is 16.4. The predicted molar refractivity (Wildman–Crippen MR) is 89.7 cm³/mol. The minimum Gasteiger partial charge on any atom is -0.451 e. The average molecular weight is 339 g/mol. The number of hydrogen-bond acceptors (Lipinski definition) is 4. The van der Waals surface area contributed by atoms with E-state index in [1.165, 1.54) is 31.3 Å². The van der Waals surface area contributed by atoms with E-state index in [2.05, 4.69) is 15.6 Å². The van der Waals surface area contributed by atoms with Crippen LogP contribution >= 0.6 is 0 Å². The summed E-state index contributed by atoms with van der Waals surface area (Å²) in [6.07, 6.45) is 0. The number of furan rings is 1. The van der Waals surface area contributed by atoms with Gasteiger partial charge >= 0.3 is 0 Å². The number of benzene rings is 1. The van der Waals surface area contributed by atoms with Crippen LogP contribution in [0.15, 0.2) is 59.0 Å². The molecule has 0 bridgehead atoms. The first-order valence-electron chi connectivity index (χ1n) is 7.43. The maximum absolute atomic E-state index is 13.8. The lowest BCUT2D eigenvalue weighted by atomic mass is 10.1. The number of nitrogens with one attached hydrogen (secondary N) is 2. The molecular formula is C18H14FN3O3. The van der Waals surface area contributed by atoms with Crippen LogP contribution < -0.4 is 10.6 Å². The number of pyridine rings is 1. The lowest BCUT2D eigenvalue weighted by Gasteiger charge is -2.04. The van der Waals surface area contributed by atoms with Crippen LogP contribution in [0.2, 0.25) is 0 Å². The predicted octanol–water partition coefficient (Wildman–Crippen LogP) is 3.09. The number of aromatic nitrogens is 1. The van der Waals surface area contributed by atoms with Gasteiger partial charge in [0.25, 0.3) is 11.8 Å². The molecule has 0 radical (unpaired) electrons. The minimum absolute atomic E-state index is 0.00500. The molecule has 2 N–H and O–H groups in total. The SMILES string of the molecule is CNC(=O)c1cccc(NC(=O)c2ccc(-c3ccccc3F)o2)n1. The van der Waals surface area contributed by atoms with Crippen molar-refractivity contribution in [3.8, 4) is 11.3 Å². The monoisotopic (exact) mass is 339 g/mol. The van der Waals surface area contributed by atoms with E-state index < -0.39 is 11.7 Å². The molecule has 0 aliphatic carbocycles. The van der Waals surface area contributed by atoms with Crippen LogP contribution in [0.3, 0.4) is 0 Å². The zero-order valence-electron chi connectivity index (χ0n) is 13.2. The lowest BCUT2D eigenvalue weighted by Crippen LogP contribution is -2.20. The molecule has 0 fully saturated rings. The van der Waals surface area contributed by atoms with Crippen LogP contribution in [0.4, 0.5) is 10.2 Å². The smallest absolute Gasteiger partial charge is 0.292 e. The number of carbonyl (C=O) groups is 2. The number of amides is 2. The molecule has 0 saturated heterocycles. The number of hydrogen-bond donors (Lipinski definition) is 2. The zero-order valence-corrected chi connectivity index (χ0v) is 13.2. The standard InChI is InChI=1S/C18H14FN3O3/c1-20-17(23)13-7-4-8-16(21-13)22-18(24)15-10-9-14(25-15)11-5-2-3-6-12(11)19/h2-10H,1H3,(H,20,23)(H,21,22,24). The van der Waals surface area contributed by atoms with Crippen LogP contribution in [-0.4, -0.2) is 23.8 Å². The van der Waals surface area contributed by atoms with Gasteiger partial charge in [0.15, 0.2) is 5.76 Å². The summed E-state index contributed by atoms with van der Waals surface area (Å²) in [6, 6.07) is 13.7. The number of nitrogens with zero attached hydrogens (tertiary/aromatic N) is 1. The van der Waals surface area contributed by atoms with Gasteiger partial charge in [-0.05, 0) is 36.4 Å². The van der Waals surface area contributed by atoms with Gasteiger partial charge in [-0.1, -0.05) is 18.2 Å². The van der Waals surface area contributed by atoms with E-state index in [0.717, 1.165) is 0 Å². The summed E-state index contributed by atoms with van der Waals surface area (Å²) in [5.41, 5.74) is 0.438. The Morgan fingerprint density at radius 2 is 1.80 bits per heavy atom. The van der Waals surface area contributed by atoms with Gasteiger partial charge in [0.1, 0.15) is 23.1 Å². The summed E-state index contributed by atoms with van der Waals surface area (Å²) >= 11 is 0. The second-order valence-electron chi connectivity index (χ2n) is 5.09. The van der Waals surface area contributed by atoms with Crippen molar-refractivity contribution >= 4 is 17.6 Å². The number of rotatable bonds is 4. The summed E-state index contributed by atoms with van der Waals surface area (Å²) in [5, 5.41) is 4.99. The number of anilines is 1. The molecule has 0 unspecified atom stereocenters. The van der Waals surface area contributed by atoms with E-state index in [-0.39, 0.29) is 34.5 Å². The van der Waals surface area contributed by atoms with Crippen molar-refractivity contribution in [1.82, 2.24) is 10.3 Å². The molecule has 2 heterocycles. The largest absolute Gasteiger partial charge is 0.451 e. The van der Waals surface area contributed by atoms with E-state index in [1.807, 2.05) is 0 Å². The van der Waals surface area contributed by atoms with Gasteiger partial charge < -0.3 is 15.1 Å². The summed E-state index contributed by atoms with van der Waals surface area (Å²) in [5.74, 6) is -0.903. The van der Waals surface area contributed by atoms with Gasteiger partial charge in [-0.3, -0.25) is 9.59 Å². The van der Waals surface area contributed by atoms with Crippen molar-refractivity contribution in [3.05, 3.63) is 71.9 Å². The second kappa shape index (κ2) is 6.96. The van der Waals surface area contributed by atoms with Gasteiger partial charge in [0.05, 0.1) is 5.56 Å². The molecule has 126 valence electrons. The molecule has 0 atom stereocenters. The maximum Gasteiger partial charge on any atom is 0.292 e. The van der Waals surface area contributed by atoms with Crippen molar-refractivity contribution in [2.75, 3.05) is 12.4 Å². The third-order valence-corrected chi connectivity index (χ3v) is 3.42. The second-order valence-corrected chi connectivity index (χ2v) is 5.09. The van der Waals surface area contributed by atoms with E-state index in [1.54, 1.807) is 30.3 Å². The fourth-order valence-electron chi connectivity index (χ4n) is 2.20. The zero-order chi connectivity index (χ0) is 17.8. The molecule has 25 heavy (non-hydrogen) atoms. The van der Waals surface area contributed by atoms with Crippen molar-refractivity contribution in [3.63, 3.8) is 0 Å². The van der Waals surface area contributed by atoms with E-state index >= 15 is 0 Å². The lowest BCUT2D eigenvalue weighted by molar-refractivity contribution is 0.0955. The molecule has 0 aliphatic heterocycles. The van der Waals surface area contributed by atoms with Gasteiger partial charge in [0, 0.05) is 7.05 Å². The van der Waals surface area contributed by atoms with E-state index in [4.69, 9.17) is 4.42 Å². The summed E-state index contributed by atoms with van der Waals surface area (Å²) < 4.78 is 19.2. The molecular weight excluding hydrogens is 325 g/mol. The number of halogens is 1. The fourth-order valence-corrected chi connectivity index (χ4v) is 2.20. The van der Waals surface area contributed by atoms with E-state index in [9.17, 15) is 14.0 Å². The van der Waals surface area contributed by atoms with Crippen LogP contribution in [-0.2, 0) is 0 Å². The molecule has 2 amide bonds. The third-order valence-electron chi connectivity index (χ3n) is 3.42. The van der Waals surface area contributed by atoms with Gasteiger partial charge in [-0.25, -0.2) is 9.37 Å². The van der Waals surface area contributed by atoms with Crippen LogP contribution in [0.5, 0.6) is 0 Å². The molecule has 1 aromatic carbocycles. The van der Waals surface area contributed by atoms with Crippen LogP contribution in [0, 0.1) is 5.82 Å². The summed E-state index contributed by atoms with van der Waals surface area (Å²) in [4.78, 5) is 27.9. The topological polar surface area (TPSA) is 84.2 Å². The average Bonchev–Trinajstić information content (AvgIpc) is 3.11. The molecule has 6 nitrogen and oxygen atoms in total. The van der Waals surface area contributed by atoms with Crippen molar-refractivity contribution in [2.24, 2.45) is 0 Å². The Morgan fingerprint density at radius 1 is 1.00 bits per heavy atom. The highest BCUT2D eigenvalue weighted by atomic mass is 19.1. The molecule has 2 aromatic heterocycles. The fraction of sp³-hybridized carbons (Fsp3) is 0.0556. The van der Waals surface area contributed by atoms with Crippen LogP contribution in [0.1, 0.15) is 21.0 Å². The highest BCUT2D eigenvalue weighted by molar-refractivity contribution is 6.02. The Hall–Kier alpha value is -3.48. The molecule has 3 rings (SSSR count). The Balaban J connectivity index is 1.79. The van der Waals surface area contributed by atoms with Crippen molar-refractivity contribution < 1.29 is 18.4 Å². The first-order chi connectivity index (χ1) is 12.1. The van der Waals surface area contributed by atoms with Crippen molar-refractivity contribution in [1.29, 1.82) is 0 Å². The van der Waals surface area contributed by atoms with Crippen LogP contribution in [0.25, 0.3) is 11.3 Å². The summed E-state index contributed by atoms with van der Waals surface area (Å²) in [6.45, 7) is 0. The Kier molecular flexibility index (Phi) is 4.56. The number of carbonyl (C=O) groups excluding carboxylic acids is 2. The quantitative estimate of drug-likeness (QED) is 0.765. The Morgan fingerprint density at radius 3 is 2.56 bits per heavy atom. The van der Waals surface area contributed by atoms with E-state index in [0.29, 0.717) is 0 Å². The minimum atomic E-state index is -0.552. The highest BCUT2D eigenvalue weighted by Crippen LogP contribution is 2.25. The van der Waals surface area contributed by atoms with Gasteiger partial charge in [-0.15, -0.1) is 0 Å². The third kappa shape index (κ3) is 3.55. The molecule has 0 spiro atoms. The van der Waals surface area contributed by atoms with Gasteiger partial charge in [0.2, 0.25) is 0 Å². The molecule has 7 heteroatoms.